The van der Waals surface area contributed by atoms with E-state index in [1.165, 1.54) is 24.3 Å². The number of halogens is 3. The number of benzene rings is 2. The summed E-state index contributed by atoms with van der Waals surface area (Å²) in [5.41, 5.74) is -0.908. The summed E-state index contributed by atoms with van der Waals surface area (Å²) in [6.07, 6.45) is -4.54. The minimum Gasteiger partial charge on any atom is -0.452 e. The van der Waals surface area contributed by atoms with Gasteiger partial charge in [0.1, 0.15) is 5.56 Å². The van der Waals surface area contributed by atoms with Crippen molar-refractivity contribution in [2.24, 2.45) is 0 Å². The van der Waals surface area contributed by atoms with Crippen molar-refractivity contribution < 1.29 is 36.9 Å². The van der Waals surface area contributed by atoms with Crippen LogP contribution in [0.5, 0.6) is 0 Å². The predicted molar refractivity (Wildman–Crippen MR) is 110 cm³/mol. The second-order valence-corrected chi connectivity index (χ2v) is 7.22. The molecule has 0 bridgehead atoms. The molecule has 13 heteroatoms. The summed E-state index contributed by atoms with van der Waals surface area (Å²) < 4.78 is 54.1. The van der Waals surface area contributed by atoms with Gasteiger partial charge in [0.25, 0.3) is 11.6 Å². The number of anilines is 1. The first-order valence-electron chi connectivity index (χ1n) is 10.0. The van der Waals surface area contributed by atoms with Crippen LogP contribution in [0.2, 0.25) is 0 Å². The van der Waals surface area contributed by atoms with Crippen LogP contribution in [0.15, 0.2) is 47.0 Å². The molecule has 178 valence electrons. The molecule has 1 aromatic heterocycles. The van der Waals surface area contributed by atoms with Crippen molar-refractivity contribution in [3.05, 3.63) is 69.6 Å². The number of morpholine rings is 1. The topological polar surface area (TPSA) is 121 Å². The molecule has 10 nitrogen and oxygen atoms in total. The fourth-order valence-corrected chi connectivity index (χ4v) is 3.34. The van der Waals surface area contributed by atoms with Gasteiger partial charge in [0.05, 0.1) is 23.7 Å². The number of alkyl halides is 3. The van der Waals surface area contributed by atoms with Crippen LogP contribution in [0.25, 0.3) is 11.4 Å². The standard InChI is InChI=1S/C21H17F3N4O6/c22-21(23,24)14-3-1-2-13(10-14)19-25-18(34-26-19)12-33-20(29)16-11-15(4-5-17(16)28(30)31)27-6-8-32-9-7-27/h1-5,10-11H,6-9,12H2. The molecule has 0 amide bonds. The lowest BCUT2D eigenvalue weighted by atomic mass is 10.1. The van der Waals surface area contributed by atoms with Crippen molar-refractivity contribution in [1.29, 1.82) is 0 Å². The molecule has 0 saturated carbocycles. The van der Waals surface area contributed by atoms with Crippen molar-refractivity contribution in [1.82, 2.24) is 10.1 Å². The second-order valence-electron chi connectivity index (χ2n) is 7.22. The molecule has 2 aromatic carbocycles. The predicted octanol–water partition coefficient (Wildman–Crippen LogP) is 3.86. The molecule has 4 rings (SSSR count). The minimum absolute atomic E-state index is 0.0602. The van der Waals surface area contributed by atoms with E-state index in [0.29, 0.717) is 32.0 Å². The van der Waals surface area contributed by atoms with Gasteiger partial charge in [0, 0.05) is 30.4 Å². The zero-order chi connectivity index (χ0) is 24.3. The number of aromatic nitrogens is 2. The fraction of sp³-hybridized carbons (Fsp3) is 0.286. The lowest BCUT2D eigenvalue weighted by Gasteiger charge is -2.29. The lowest BCUT2D eigenvalue weighted by molar-refractivity contribution is -0.385. The van der Waals surface area contributed by atoms with Gasteiger partial charge in [-0.3, -0.25) is 10.1 Å². The molecule has 3 aromatic rings. The molecule has 1 fully saturated rings. The first-order valence-corrected chi connectivity index (χ1v) is 10.0. The van der Waals surface area contributed by atoms with Crippen LogP contribution < -0.4 is 4.90 Å². The zero-order valence-corrected chi connectivity index (χ0v) is 17.4. The average Bonchev–Trinajstić information content (AvgIpc) is 3.31. The van der Waals surface area contributed by atoms with Crippen LogP contribution in [0.1, 0.15) is 21.8 Å². The Morgan fingerprint density at radius 3 is 2.65 bits per heavy atom. The number of nitro benzene ring substituents is 1. The number of carbonyl (C=O) groups is 1. The van der Waals surface area contributed by atoms with E-state index in [0.717, 1.165) is 12.1 Å². The summed E-state index contributed by atoms with van der Waals surface area (Å²) in [6.45, 7) is 1.58. The Morgan fingerprint density at radius 1 is 1.18 bits per heavy atom. The van der Waals surface area contributed by atoms with E-state index in [4.69, 9.17) is 14.0 Å². The molecule has 0 N–H and O–H groups in total. The molecule has 0 atom stereocenters. The third-order valence-corrected chi connectivity index (χ3v) is 5.02. The Balaban J connectivity index is 1.49. The fourth-order valence-electron chi connectivity index (χ4n) is 3.34. The Bertz CT molecular complexity index is 1210. The number of carbonyl (C=O) groups excluding carboxylic acids is 1. The van der Waals surface area contributed by atoms with Crippen molar-refractivity contribution in [3.63, 3.8) is 0 Å². The normalized spacial score (nSPS) is 14.1. The quantitative estimate of drug-likeness (QED) is 0.295. The van der Waals surface area contributed by atoms with Crippen molar-refractivity contribution >= 4 is 17.3 Å². The van der Waals surface area contributed by atoms with Crippen LogP contribution in [0.3, 0.4) is 0 Å². The molecule has 1 aliphatic rings. The number of esters is 1. The van der Waals surface area contributed by atoms with E-state index >= 15 is 0 Å². The van der Waals surface area contributed by atoms with E-state index in [1.54, 1.807) is 6.07 Å². The Hall–Kier alpha value is -4.00. The minimum atomic E-state index is -4.54. The molecular formula is C21H17F3N4O6. The van der Waals surface area contributed by atoms with Crippen molar-refractivity contribution in [2.75, 3.05) is 31.2 Å². The molecule has 34 heavy (non-hydrogen) atoms. The Kier molecular flexibility index (Phi) is 6.45. The number of hydrogen-bond donors (Lipinski definition) is 0. The average molecular weight is 478 g/mol. The summed E-state index contributed by atoms with van der Waals surface area (Å²) in [6, 6.07) is 8.48. The van der Waals surface area contributed by atoms with Crippen LogP contribution in [-0.4, -0.2) is 47.3 Å². The van der Waals surface area contributed by atoms with Gasteiger partial charge in [0.2, 0.25) is 5.82 Å². The first kappa shape index (κ1) is 23.2. The molecule has 1 aliphatic heterocycles. The molecule has 1 saturated heterocycles. The lowest BCUT2D eigenvalue weighted by Crippen LogP contribution is -2.36. The van der Waals surface area contributed by atoms with Crippen molar-refractivity contribution in [2.45, 2.75) is 12.8 Å². The van der Waals surface area contributed by atoms with Crippen molar-refractivity contribution in [3.8, 4) is 11.4 Å². The van der Waals surface area contributed by atoms with Crippen LogP contribution in [0.4, 0.5) is 24.5 Å². The first-order chi connectivity index (χ1) is 16.2. The van der Waals surface area contributed by atoms with Gasteiger partial charge in [-0.15, -0.1) is 0 Å². The van der Waals surface area contributed by atoms with E-state index < -0.39 is 34.9 Å². The summed E-state index contributed by atoms with van der Waals surface area (Å²) in [5, 5.41) is 15.0. The highest BCUT2D eigenvalue weighted by atomic mass is 19.4. The van der Waals surface area contributed by atoms with E-state index in [1.807, 2.05) is 4.90 Å². The zero-order valence-electron chi connectivity index (χ0n) is 17.4. The number of nitrogens with zero attached hydrogens (tertiary/aromatic N) is 4. The SMILES string of the molecule is O=C(OCc1nc(-c2cccc(C(F)(F)F)c2)no1)c1cc(N2CCOCC2)ccc1[N+](=O)[O-]. The second kappa shape index (κ2) is 9.47. The van der Waals surface area contributed by atoms with Gasteiger partial charge in [0.15, 0.2) is 6.61 Å². The van der Waals surface area contributed by atoms with Gasteiger partial charge in [-0.1, -0.05) is 17.3 Å². The molecule has 0 unspecified atom stereocenters. The maximum absolute atomic E-state index is 12.9. The maximum Gasteiger partial charge on any atom is 0.416 e. The molecular weight excluding hydrogens is 461 g/mol. The summed E-state index contributed by atoms with van der Waals surface area (Å²) in [4.78, 5) is 29.2. The number of rotatable bonds is 6. The summed E-state index contributed by atoms with van der Waals surface area (Å²) in [7, 11) is 0. The number of ether oxygens (including phenoxy) is 2. The third kappa shape index (κ3) is 5.14. The van der Waals surface area contributed by atoms with Gasteiger partial charge >= 0.3 is 12.1 Å². The van der Waals surface area contributed by atoms with E-state index in [9.17, 15) is 28.1 Å². The Labute approximate surface area is 190 Å². The molecule has 0 radical (unpaired) electrons. The van der Waals surface area contributed by atoms with Crippen LogP contribution in [-0.2, 0) is 22.3 Å². The van der Waals surface area contributed by atoms with Gasteiger partial charge in [-0.2, -0.15) is 18.2 Å². The number of hydrogen-bond acceptors (Lipinski definition) is 9. The Morgan fingerprint density at radius 2 is 1.94 bits per heavy atom. The highest BCUT2D eigenvalue weighted by molar-refractivity contribution is 5.95. The van der Waals surface area contributed by atoms with E-state index in [2.05, 4.69) is 10.1 Å². The smallest absolute Gasteiger partial charge is 0.416 e. The van der Waals surface area contributed by atoms with E-state index in [-0.39, 0.29) is 22.8 Å². The summed E-state index contributed by atoms with van der Waals surface area (Å²) >= 11 is 0. The monoisotopic (exact) mass is 478 g/mol. The largest absolute Gasteiger partial charge is 0.452 e. The number of nitro groups is 1. The summed E-state index contributed by atoms with van der Waals surface area (Å²) in [5.74, 6) is -1.30. The van der Waals surface area contributed by atoms with Gasteiger partial charge in [-0.05, 0) is 24.3 Å². The van der Waals surface area contributed by atoms with Crippen LogP contribution >= 0.6 is 0 Å². The highest BCUT2D eigenvalue weighted by Crippen LogP contribution is 2.31. The molecule has 2 heterocycles. The molecule has 0 spiro atoms. The van der Waals surface area contributed by atoms with Gasteiger partial charge < -0.3 is 18.9 Å². The maximum atomic E-state index is 12.9. The van der Waals surface area contributed by atoms with Gasteiger partial charge in [-0.25, -0.2) is 4.79 Å². The molecule has 0 aliphatic carbocycles. The highest BCUT2D eigenvalue weighted by Gasteiger charge is 2.31. The third-order valence-electron chi connectivity index (χ3n) is 5.02. The van der Waals surface area contributed by atoms with Crippen LogP contribution in [0, 0.1) is 10.1 Å².